The molecule has 3 heteroatoms. The summed E-state index contributed by atoms with van der Waals surface area (Å²) in [4.78, 5) is 14.3. The summed E-state index contributed by atoms with van der Waals surface area (Å²) in [6.07, 6.45) is 7.15. The van der Waals surface area contributed by atoms with Gasteiger partial charge < -0.3 is 5.32 Å². The van der Waals surface area contributed by atoms with Gasteiger partial charge in [0, 0.05) is 6.04 Å². The summed E-state index contributed by atoms with van der Waals surface area (Å²) in [5.74, 6) is 1.04. The zero-order chi connectivity index (χ0) is 13.5. The van der Waals surface area contributed by atoms with Gasteiger partial charge in [0.15, 0.2) is 0 Å². The van der Waals surface area contributed by atoms with Gasteiger partial charge in [0.1, 0.15) is 0 Å². The van der Waals surface area contributed by atoms with Gasteiger partial charge >= 0.3 is 0 Å². The Hall–Kier alpha value is -0.570. The third-order valence-corrected chi connectivity index (χ3v) is 4.27. The van der Waals surface area contributed by atoms with Gasteiger partial charge in [-0.05, 0) is 58.5 Å². The molecule has 106 valence electrons. The normalized spacial score (nSPS) is 26.1. The number of amides is 1. The summed E-state index contributed by atoms with van der Waals surface area (Å²) in [5, 5.41) is 3.22. The zero-order valence-electron chi connectivity index (χ0n) is 12.5. The van der Waals surface area contributed by atoms with E-state index in [9.17, 15) is 4.79 Å². The molecule has 1 atom stereocenters. The Balaban J connectivity index is 2.30. The molecular weight excluding hydrogens is 224 g/mol. The number of hydrogen-bond acceptors (Lipinski definition) is 2. The van der Waals surface area contributed by atoms with Crippen LogP contribution in [0.25, 0.3) is 0 Å². The minimum absolute atomic E-state index is 0.00380. The van der Waals surface area contributed by atoms with Gasteiger partial charge in [0.2, 0.25) is 5.91 Å². The molecule has 0 aromatic rings. The van der Waals surface area contributed by atoms with Crippen molar-refractivity contribution < 1.29 is 4.79 Å². The lowest BCUT2D eigenvalue weighted by Gasteiger charge is -2.30. The van der Waals surface area contributed by atoms with E-state index in [4.69, 9.17) is 0 Å². The first-order chi connectivity index (χ1) is 8.54. The lowest BCUT2D eigenvalue weighted by molar-refractivity contribution is -0.126. The number of rotatable bonds is 6. The summed E-state index contributed by atoms with van der Waals surface area (Å²) in [6.45, 7) is 7.50. The number of carbonyl (C=O) groups is 1. The first-order valence-electron chi connectivity index (χ1n) is 7.55. The van der Waals surface area contributed by atoms with Crippen LogP contribution in [0.5, 0.6) is 0 Å². The van der Waals surface area contributed by atoms with Crippen LogP contribution >= 0.6 is 0 Å². The lowest BCUT2D eigenvalue weighted by atomic mass is 9.87. The smallest absolute Gasteiger partial charge is 0.237 e. The van der Waals surface area contributed by atoms with Crippen molar-refractivity contribution in [1.82, 2.24) is 10.2 Å². The van der Waals surface area contributed by atoms with Crippen LogP contribution in [0.2, 0.25) is 0 Å². The molecule has 3 nitrogen and oxygen atoms in total. The van der Waals surface area contributed by atoms with Gasteiger partial charge in [-0.15, -0.1) is 0 Å². The predicted molar refractivity (Wildman–Crippen MR) is 76.6 cm³/mol. The molecule has 18 heavy (non-hydrogen) atoms. The van der Waals surface area contributed by atoms with E-state index in [0.29, 0.717) is 6.04 Å². The van der Waals surface area contributed by atoms with Crippen LogP contribution in [0.1, 0.15) is 59.3 Å². The highest BCUT2D eigenvalue weighted by Crippen LogP contribution is 2.23. The Morgan fingerprint density at radius 2 is 1.94 bits per heavy atom. The third-order valence-electron chi connectivity index (χ3n) is 4.27. The van der Waals surface area contributed by atoms with Crippen molar-refractivity contribution in [3.8, 4) is 0 Å². The van der Waals surface area contributed by atoms with Crippen LogP contribution in [-0.2, 0) is 4.79 Å². The maximum Gasteiger partial charge on any atom is 0.237 e. The lowest BCUT2D eigenvalue weighted by Crippen LogP contribution is -2.48. The number of hydrogen-bond donors (Lipinski definition) is 1. The van der Waals surface area contributed by atoms with E-state index in [2.05, 4.69) is 24.1 Å². The summed E-state index contributed by atoms with van der Waals surface area (Å²) < 4.78 is 0. The SMILES string of the molecule is CCCCN(C)C(C)C(=O)NC1CCC(C)CC1. The Morgan fingerprint density at radius 1 is 1.33 bits per heavy atom. The molecule has 0 bridgehead atoms. The average Bonchev–Trinajstić information content (AvgIpc) is 2.37. The highest BCUT2D eigenvalue weighted by molar-refractivity contribution is 5.81. The van der Waals surface area contributed by atoms with Gasteiger partial charge in [0.05, 0.1) is 6.04 Å². The van der Waals surface area contributed by atoms with Crippen molar-refractivity contribution in [2.24, 2.45) is 5.92 Å². The van der Waals surface area contributed by atoms with Gasteiger partial charge in [0.25, 0.3) is 0 Å². The largest absolute Gasteiger partial charge is 0.352 e. The maximum absolute atomic E-state index is 12.1. The highest BCUT2D eigenvalue weighted by Gasteiger charge is 2.23. The van der Waals surface area contributed by atoms with Gasteiger partial charge in [-0.1, -0.05) is 20.3 Å². The van der Waals surface area contributed by atoms with E-state index >= 15 is 0 Å². The molecule has 1 saturated carbocycles. The van der Waals surface area contributed by atoms with Crippen molar-refractivity contribution in [2.45, 2.75) is 71.4 Å². The van der Waals surface area contributed by atoms with Crippen LogP contribution < -0.4 is 5.32 Å². The van der Waals surface area contributed by atoms with Crippen LogP contribution in [0.15, 0.2) is 0 Å². The molecule has 0 radical (unpaired) electrons. The van der Waals surface area contributed by atoms with Crippen molar-refractivity contribution in [1.29, 1.82) is 0 Å². The molecule has 0 spiro atoms. The molecule has 1 amide bonds. The second-order valence-corrected chi connectivity index (χ2v) is 5.98. The first kappa shape index (κ1) is 15.5. The predicted octanol–water partition coefficient (Wildman–Crippen LogP) is 2.80. The molecule has 1 unspecified atom stereocenters. The van der Waals surface area contributed by atoms with Crippen molar-refractivity contribution in [2.75, 3.05) is 13.6 Å². The van der Waals surface area contributed by atoms with E-state index in [0.717, 1.165) is 31.7 Å². The van der Waals surface area contributed by atoms with Gasteiger partial charge in [-0.3, -0.25) is 9.69 Å². The van der Waals surface area contributed by atoms with Crippen molar-refractivity contribution >= 4 is 5.91 Å². The summed E-state index contributed by atoms with van der Waals surface area (Å²) in [5.41, 5.74) is 0. The van der Waals surface area contributed by atoms with E-state index < -0.39 is 0 Å². The number of carbonyl (C=O) groups excluding carboxylic acids is 1. The topological polar surface area (TPSA) is 32.3 Å². The summed E-state index contributed by atoms with van der Waals surface area (Å²) >= 11 is 0. The molecule has 0 aromatic carbocycles. The van der Waals surface area contributed by atoms with E-state index in [1.54, 1.807) is 0 Å². The first-order valence-corrected chi connectivity index (χ1v) is 7.55. The second-order valence-electron chi connectivity index (χ2n) is 5.98. The van der Waals surface area contributed by atoms with Crippen LogP contribution in [-0.4, -0.2) is 36.5 Å². The van der Waals surface area contributed by atoms with E-state index in [1.165, 1.54) is 19.3 Å². The van der Waals surface area contributed by atoms with Crippen molar-refractivity contribution in [3.63, 3.8) is 0 Å². The molecule has 1 aliphatic rings. The second kappa shape index (κ2) is 7.78. The number of nitrogens with one attached hydrogen (secondary N) is 1. The standard InChI is InChI=1S/C15H30N2O/c1-5-6-11-17(4)13(3)15(18)16-14-9-7-12(2)8-10-14/h12-14H,5-11H2,1-4H3,(H,16,18). The summed E-state index contributed by atoms with van der Waals surface area (Å²) in [6, 6.07) is 0.409. The number of unbranched alkanes of at least 4 members (excludes halogenated alkanes) is 1. The molecule has 0 saturated heterocycles. The fourth-order valence-electron chi connectivity index (χ4n) is 2.53. The number of likely N-dealkylation sites (N-methyl/N-ethyl adjacent to an activating group) is 1. The van der Waals surface area contributed by atoms with Crippen LogP contribution in [0, 0.1) is 5.92 Å². The molecule has 0 heterocycles. The zero-order valence-corrected chi connectivity index (χ0v) is 12.5. The Bertz CT molecular complexity index is 247. The fourth-order valence-corrected chi connectivity index (χ4v) is 2.53. The minimum atomic E-state index is -0.00380. The third kappa shape index (κ3) is 4.97. The monoisotopic (exact) mass is 254 g/mol. The molecule has 1 fully saturated rings. The molecule has 1 aliphatic carbocycles. The van der Waals surface area contributed by atoms with Crippen LogP contribution in [0.3, 0.4) is 0 Å². The summed E-state index contributed by atoms with van der Waals surface area (Å²) in [7, 11) is 2.04. The van der Waals surface area contributed by atoms with Crippen molar-refractivity contribution in [3.05, 3.63) is 0 Å². The molecule has 0 aliphatic heterocycles. The Morgan fingerprint density at radius 3 is 2.50 bits per heavy atom. The fraction of sp³-hybridized carbons (Fsp3) is 0.933. The molecular formula is C15H30N2O. The van der Waals surface area contributed by atoms with Gasteiger partial charge in [-0.2, -0.15) is 0 Å². The Labute approximate surface area is 112 Å². The molecule has 1 N–H and O–H groups in total. The van der Waals surface area contributed by atoms with E-state index in [1.807, 2.05) is 14.0 Å². The average molecular weight is 254 g/mol. The maximum atomic E-state index is 12.1. The quantitative estimate of drug-likeness (QED) is 0.790. The highest BCUT2D eigenvalue weighted by atomic mass is 16.2. The minimum Gasteiger partial charge on any atom is -0.352 e. The Kier molecular flexibility index (Phi) is 6.69. The molecule has 0 aromatic heterocycles. The van der Waals surface area contributed by atoms with Crippen LogP contribution in [0.4, 0.5) is 0 Å². The van der Waals surface area contributed by atoms with E-state index in [-0.39, 0.29) is 11.9 Å². The number of nitrogens with zero attached hydrogens (tertiary/aromatic N) is 1. The molecule has 1 rings (SSSR count). The van der Waals surface area contributed by atoms with Gasteiger partial charge in [-0.25, -0.2) is 0 Å².